The maximum atomic E-state index is 5.69. The van der Waals surface area contributed by atoms with Crippen molar-refractivity contribution in [1.82, 2.24) is 0 Å². The van der Waals surface area contributed by atoms with Crippen LogP contribution >= 0.6 is 0 Å². The van der Waals surface area contributed by atoms with E-state index in [0.717, 1.165) is 6.42 Å². The van der Waals surface area contributed by atoms with Crippen molar-refractivity contribution in [3.8, 4) is 0 Å². The van der Waals surface area contributed by atoms with Gasteiger partial charge in [-0.25, -0.2) is 0 Å². The number of nitrogens with two attached hydrogens (primary N) is 1. The predicted molar refractivity (Wildman–Crippen MR) is 76.7 cm³/mol. The molecule has 0 saturated carbocycles. The van der Waals surface area contributed by atoms with Gasteiger partial charge in [-0.2, -0.15) is 0 Å². The minimum absolute atomic E-state index is 0.574. The molecule has 0 unspecified atom stereocenters. The van der Waals surface area contributed by atoms with Gasteiger partial charge in [0.2, 0.25) is 0 Å². The Morgan fingerprint density at radius 2 is 1.56 bits per heavy atom. The van der Waals surface area contributed by atoms with Gasteiger partial charge in [-0.1, -0.05) is 54.6 Å². The fourth-order valence-corrected chi connectivity index (χ4v) is 1.86. The van der Waals surface area contributed by atoms with Crippen LogP contribution < -0.4 is 5.73 Å². The molecule has 0 radical (unpaired) electrons. The molecule has 0 spiro atoms. The average molecular weight is 238 g/mol. The summed E-state index contributed by atoms with van der Waals surface area (Å²) in [7, 11) is 0. The van der Waals surface area contributed by atoms with Crippen LogP contribution in [-0.4, -0.2) is 6.21 Å². The Morgan fingerprint density at radius 1 is 0.889 bits per heavy atom. The van der Waals surface area contributed by atoms with E-state index in [4.69, 9.17) is 5.73 Å². The summed E-state index contributed by atoms with van der Waals surface area (Å²) in [5.74, 6) is 0. The predicted octanol–water partition coefficient (Wildman–Crippen LogP) is 2.96. The zero-order valence-electron chi connectivity index (χ0n) is 10.4. The molecule has 2 aromatic carbocycles. The van der Waals surface area contributed by atoms with Crippen LogP contribution in [0, 0.1) is 0 Å². The first-order valence-electron chi connectivity index (χ1n) is 6.19. The molecule has 0 aliphatic carbocycles. The molecule has 2 N–H and O–H groups in total. The summed E-state index contributed by atoms with van der Waals surface area (Å²) in [5.41, 5.74) is 9.37. The third kappa shape index (κ3) is 3.54. The Balaban J connectivity index is 1.91. The van der Waals surface area contributed by atoms with Crippen molar-refractivity contribution in [2.24, 2.45) is 10.7 Å². The van der Waals surface area contributed by atoms with Crippen molar-refractivity contribution in [2.75, 3.05) is 0 Å². The SMILES string of the molecule is NCc1ccccc1CN=CCc1ccccc1. The van der Waals surface area contributed by atoms with Crippen molar-refractivity contribution in [2.45, 2.75) is 19.5 Å². The van der Waals surface area contributed by atoms with Crippen molar-refractivity contribution >= 4 is 6.21 Å². The quantitative estimate of drug-likeness (QED) is 0.799. The second-order valence-electron chi connectivity index (χ2n) is 4.19. The molecule has 0 aliphatic heterocycles. The van der Waals surface area contributed by atoms with Crippen molar-refractivity contribution in [3.63, 3.8) is 0 Å². The van der Waals surface area contributed by atoms with Crippen LogP contribution in [0.5, 0.6) is 0 Å². The molecule has 0 atom stereocenters. The minimum Gasteiger partial charge on any atom is -0.326 e. The second-order valence-corrected chi connectivity index (χ2v) is 4.19. The van der Waals surface area contributed by atoms with Gasteiger partial charge >= 0.3 is 0 Å². The van der Waals surface area contributed by atoms with Gasteiger partial charge in [0.15, 0.2) is 0 Å². The largest absolute Gasteiger partial charge is 0.326 e. The summed E-state index contributed by atoms with van der Waals surface area (Å²) in [4.78, 5) is 4.46. The fraction of sp³-hybridized carbons (Fsp3) is 0.188. The van der Waals surface area contributed by atoms with Gasteiger partial charge in [-0.05, 0) is 16.7 Å². The van der Waals surface area contributed by atoms with E-state index in [9.17, 15) is 0 Å². The van der Waals surface area contributed by atoms with E-state index >= 15 is 0 Å². The fourth-order valence-electron chi connectivity index (χ4n) is 1.86. The summed E-state index contributed by atoms with van der Waals surface area (Å²) < 4.78 is 0. The topological polar surface area (TPSA) is 38.4 Å². The zero-order valence-corrected chi connectivity index (χ0v) is 10.4. The highest BCUT2D eigenvalue weighted by Crippen LogP contribution is 2.09. The van der Waals surface area contributed by atoms with Crippen LogP contribution in [0.3, 0.4) is 0 Å². The number of rotatable bonds is 5. The molecule has 0 amide bonds. The van der Waals surface area contributed by atoms with E-state index in [2.05, 4.69) is 29.3 Å². The molecule has 18 heavy (non-hydrogen) atoms. The third-order valence-corrected chi connectivity index (χ3v) is 2.90. The van der Waals surface area contributed by atoms with Crippen molar-refractivity contribution in [3.05, 3.63) is 71.3 Å². The molecule has 0 aromatic heterocycles. The molecule has 0 heterocycles. The summed E-state index contributed by atoms with van der Waals surface area (Å²) >= 11 is 0. The average Bonchev–Trinajstić information content (AvgIpc) is 2.45. The summed E-state index contributed by atoms with van der Waals surface area (Å²) in [6.07, 6.45) is 2.86. The van der Waals surface area contributed by atoms with Crippen molar-refractivity contribution < 1.29 is 0 Å². The molecule has 0 fully saturated rings. The third-order valence-electron chi connectivity index (χ3n) is 2.90. The van der Waals surface area contributed by atoms with Gasteiger partial charge in [0, 0.05) is 19.2 Å². The first-order valence-corrected chi connectivity index (χ1v) is 6.19. The smallest absolute Gasteiger partial charge is 0.0639 e. The lowest BCUT2D eigenvalue weighted by Crippen LogP contribution is -2.00. The second kappa shape index (κ2) is 6.72. The number of hydrogen-bond acceptors (Lipinski definition) is 2. The molecule has 0 bridgehead atoms. The lowest BCUT2D eigenvalue weighted by Gasteiger charge is -2.03. The van der Waals surface area contributed by atoms with Crippen molar-refractivity contribution in [1.29, 1.82) is 0 Å². The summed E-state index contributed by atoms with van der Waals surface area (Å²) in [5, 5.41) is 0. The Labute approximate surface area is 108 Å². The summed E-state index contributed by atoms with van der Waals surface area (Å²) in [6, 6.07) is 18.5. The number of aliphatic imine (C=N–C) groups is 1. The Morgan fingerprint density at radius 3 is 2.28 bits per heavy atom. The van der Waals surface area contributed by atoms with Crippen LogP contribution in [0.1, 0.15) is 16.7 Å². The lowest BCUT2D eigenvalue weighted by atomic mass is 10.1. The van der Waals surface area contributed by atoms with Crippen LogP contribution in [0.2, 0.25) is 0 Å². The minimum atomic E-state index is 0.574. The van der Waals surface area contributed by atoms with Crippen LogP contribution in [0.4, 0.5) is 0 Å². The molecule has 2 nitrogen and oxygen atoms in total. The van der Waals surface area contributed by atoms with E-state index < -0.39 is 0 Å². The van der Waals surface area contributed by atoms with Gasteiger partial charge in [0.1, 0.15) is 0 Å². The van der Waals surface area contributed by atoms with Crippen LogP contribution in [-0.2, 0) is 19.5 Å². The maximum absolute atomic E-state index is 5.69. The molecule has 2 aromatic rings. The highest BCUT2D eigenvalue weighted by atomic mass is 14.7. The molecule has 0 aliphatic rings. The van der Waals surface area contributed by atoms with E-state index in [1.165, 1.54) is 16.7 Å². The van der Waals surface area contributed by atoms with Gasteiger partial charge in [-0.3, -0.25) is 4.99 Å². The van der Waals surface area contributed by atoms with E-state index in [0.29, 0.717) is 13.1 Å². The number of hydrogen-bond donors (Lipinski definition) is 1. The van der Waals surface area contributed by atoms with E-state index in [-0.39, 0.29) is 0 Å². The summed E-state index contributed by atoms with van der Waals surface area (Å²) in [6.45, 7) is 1.28. The Bertz CT molecular complexity index is 504. The molecule has 2 rings (SSSR count). The normalized spacial score (nSPS) is 10.9. The highest BCUT2D eigenvalue weighted by Gasteiger charge is 1.97. The Hall–Kier alpha value is -1.93. The van der Waals surface area contributed by atoms with Crippen LogP contribution in [0.15, 0.2) is 59.6 Å². The van der Waals surface area contributed by atoms with Gasteiger partial charge in [-0.15, -0.1) is 0 Å². The number of nitrogens with zero attached hydrogens (tertiary/aromatic N) is 1. The van der Waals surface area contributed by atoms with Gasteiger partial charge in [0.25, 0.3) is 0 Å². The monoisotopic (exact) mass is 238 g/mol. The molecule has 92 valence electrons. The zero-order chi connectivity index (χ0) is 12.6. The first kappa shape index (κ1) is 12.5. The van der Waals surface area contributed by atoms with E-state index in [1.54, 1.807) is 0 Å². The van der Waals surface area contributed by atoms with Crippen LogP contribution in [0.25, 0.3) is 0 Å². The standard InChI is InChI=1S/C16H18N2/c17-12-15-8-4-5-9-16(15)13-18-11-10-14-6-2-1-3-7-14/h1-9,11H,10,12-13,17H2. The molecular weight excluding hydrogens is 220 g/mol. The lowest BCUT2D eigenvalue weighted by molar-refractivity contribution is 0.980. The highest BCUT2D eigenvalue weighted by molar-refractivity contribution is 5.61. The van der Waals surface area contributed by atoms with E-state index in [1.807, 2.05) is 36.5 Å². The Kier molecular flexibility index (Phi) is 4.68. The van der Waals surface area contributed by atoms with Gasteiger partial charge < -0.3 is 5.73 Å². The molecule has 2 heteroatoms. The maximum Gasteiger partial charge on any atom is 0.0639 e. The van der Waals surface area contributed by atoms with Gasteiger partial charge in [0.05, 0.1) is 6.54 Å². The first-order chi connectivity index (χ1) is 8.90. The molecule has 0 saturated heterocycles. The number of benzene rings is 2. The molecular formula is C16H18N2.